The van der Waals surface area contributed by atoms with E-state index >= 15 is 0 Å². The molecule has 9 heteroatoms. The Kier molecular flexibility index (Phi) is 6.42. The zero-order valence-corrected chi connectivity index (χ0v) is 33.5. The summed E-state index contributed by atoms with van der Waals surface area (Å²) in [6.07, 6.45) is 3.54. The van der Waals surface area contributed by atoms with Gasteiger partial charge in [0.25, 0.3) is 0 Å². The second-order valence-corrected chi connectivity index (χ2v) is 19.4. The van der Waals surface area contributed by atoms with Gasteiger partial charge >= 0.3 is 0 Å². The molecule has 272 valence electrons. The molecule has 0 unspecified atom stereocenters. The number of fused-ring (bicyclic) bond motifs is 13. The van der Waals surface area contributed by atoms with Crippen LogP contribution in [-0.4, -0.2) is 27.7 Å². The lowest BCUT2D eigenvalue weighted by Crippen LogP contribution is -1.99. The topological polar surface area (TPSA) is 73.2 Å². The van der Waals surface area contributed by atoms with Gasteiger partial charge in [-0.25, -0.2) is 0 Å². The van der Waals surface area contributed by atoms with E-state index in [1.807, 2.05) is 48.5 Å². The van der Waals surface area contributed by atoms with E-state index in [-0.39, 0.29) is 34.3 Å². The van der Waals surface area contributed by atoms with Gasteiger partial charge in [0.1, 0.15) is 0 Å². The second kappa shape index (κ2) is 11.4. The van der Waals surface area contributed by atoms with Gasteiger partial charge in [-0.3, -0.25) is 19.2 Å². The minimum absolute atomic E-state index is 0.207. The Bertz CT molecular complexity index is 3490. The highest BCUT2D eigenvalue weighted by atomic mass is 32.1. The number of aryl methyl sites for hydroxylation is 1. The Morgan fingerprint density at radius 2 is 0.724 bits per heavy atom. The van der Waals surface area contributed by atoms with Crippen LogP contribution in [0.2, 0.25) is 0 Å². The molecule has 0 atom stereocenters. The number of hydrogen-bond acceptors (Lipinski definition) is 8. The first-order valence-electron chi connectivity index (χ1n) is 18.7. The Morgan fingerprint density at radius 3 is 1.05 bits per heavy atom. The Labute approximate surface area is 344 Å². The third-order valence-electron chi connectivity index (χ3n) is 11.8. The molecule has 58 heavy (non-hydrogen) atoms. The molecule has 13 rings (SSSR count). The van der Waals surface area contributed by atoms with Crippen molar-refractivity contribution in [3.63, 3.8) is 0 Å². The zero-order chi connectivity index (χ0) is 38.7. The number of Topliss-reactive ketones (excluding diaryl/α,β-unsaturated/α-hetero) is 4. The lowest BCUT2D eigenvalue weighted by atomic mass is 9.99. The molecule has 0 fully saturated rings. The molecule has 2 aliphatic carbocycles. The van der Waals surface area contributed by atoms with Gasteiger partial charge in [0, 0.05) is 48.5 Å². The van der Waals surface area contributed by atoms with E-state index < -0.39 is 0 Å². The van der Waals surface area contributed by atoms with Gasteiger partial charge in [0.05, 0.1) is 41.0 Å². The third-order valence-corrected chi connectivity index (χ3v) is 16.7. The largest absolute Gasteiger partial charge is 0.340 e. The second-order valence-electron chi connectivity index (χ2n) is 15.1. The van der Waals surface area contributed by atoms with E-state index in [4.69, 9.17) is 0 Å². The van der Waals surface area contributed by atoms with Gasteiger partial charge in [0.2, 0.25) is 0 Å². The van der Waals surface area contributed by atoms with Crippen molar-refractivity contribution in [3.8, 4) is 0 Å². The molecule has 0 aliphatic heterocycles. The molecule has 11 aromatic rings. The number of allylic oxidation sites excluding steroid dienone is 2. The summed E-state index contributed by atoms with van der Waals surface area (Å²) in [5.41, 5.74) is 4.54. The highest BCUT2D eigenvalue weighted by molar-refractivity contribution is 7.38. The molecule has 0 saturated heterocycles. The molecule has 6 aromatic carbocycles. The first-order valence-corrected chi connectivity index (χ1v) is 21.9. The minimum atomic E-state index is -0.228. The van der Waals surface area contributed by atoms with Crippen LogP contribution >= 0.6 is 45.3 Å². The quantitative estimate of drug-likeness (QED) is 0.0989. The van der Waals surface area contributed by atoms with Gasteiger partial charge in [-0.05, 0) is 116 Å². The molecular formula is C49H23NO4S4. The molecule has 5 nitrogen and oxygen atoms in total. The van der Waals surface area contributed by atoms with Crippen molar-refractivity contribution in [1.82, 2.24) is 4.57 Å². The maximum absolute atomic E-state index is 13.7. The van der Waals surface area contributed by atoms with E-state index in [9.17, 15) is 19.2 Å². The lowest BCUT2D eigenvalue weighted by molar-refractivity contribution is 0.0975. The van der Waals surface area contributed by atoms with Crippen LogP contribution in [0.15, 0.2) is 120 Å². The summed E-state index contributed by atoms with van der Waals surface area (Å²) in [7, 11) is 2.09. The van der Waals surface area contributed by atoms with Crippen LogP contribution in [-0.2, 0) is 7.05 Å². The van der Waals surface area contributed by atoms with Crippen LogP contribution < -0.4 is 0 Å². The van der Waals surface area contributed by atoms with Gasteiger partial charge < -0.3 is 4.57 Å². The number of ketones is 4. The Balaban J connectivity index is 0.857. The first-order chi connectivity index (χ1) is 28.3. The van der Waals surface area contributed by atoms with Gasteiger partial charge in [-0.2, -0.15) is 0 Å². The van der Waals surface area contributed by atoms with Crippen LogP contribution in [0.25, 0.3) is 94.5 Å². The normalized spacial score (nSPS) is 14.4. The maximum Gasteiger partial charge on any atom is 0.197 e. The van der Waals surface area contributed by atoms with Crippen molar-refractivity contribution in [2.24, 2.45) is 7.05 Å². The Hall–Kier alpha value is -6.36. The molecular weight excluding hydrogens is 795 g/mol. The number of carbonyl (C=O) groups excluding carboxylic acids is 4. The van der Waals surface area contributed by atoms with E-state index in [1.165, 1.54) is 9.40 Å². The lowest BCUT2D eigenvalue weighted by Gasteiger charge is -2.04. The molecule has 0 N–H and O–H groups in total. The van der Waals surface area contributed by atoms with Crippen molar-refractivity contribution in [3.05, 3.63) is 152 Å². The minimum Gasteiger partial charge on any atom is -0.340 e. The number of nitrogens with zero attached hydrogens (tertiary/aromatic N) is 1. The smallest absolute Gasteiger partial charge is 0.197 e. The predicted octanol–water partition coefficient (Wildman–Crippen LogP) is 13.4. The van der Waals surface area contributed by atoms with E-state index in [2.05, 4.69) is 72.3 Å². The van der Waals surface area contributed by atoms with Crippen LogP contribution in [0.3, 0.4) is 0 Å². The van der Waals surface area contributed by atoms with Crippen LogP contribution in [0.5, 0.6) is 0 Å². The van der Waals surface area contributed by atoms with Gasteiger partial charge in [-0.1, -0.05) is 48.5 Å². The molecule has 5 aromatic heterocycles. The summed E-state index contributed by atoms with van der Waals surface area (Å²) < 4.78 is 9.15. The molecule has 0 saturated carbocycles. The van der Waals surface area contributed by atoms with Crippen LogP contribution in [0.4, 0.5) is 0 Å². The number of thiophene rings is 4. The standard InChI is InChI=1S/C49H23NO4S4/c1-50-40-46-38(20-30(55-46)18-36-42(51)32-14-26-10-22-6-2-3-7-23(22)11-27(26)15-33(32)43(36)52)57-48(40)49-41(50)47-39(58-49)21-31(56-47)19-37-44(53)34-16-28-12-24-8-4-5-9-25(24)13-29(28)17-35(34)45(37)54/h2-21H,1H3. The molecule has 0 radical (unpaired) electrons. The van der Waals surface area contributed by atoms with E-state index in [0.717, 1.165) is 82.7 Å². The van der Waals surface area contributed by atoms with Crippen LogP contribution in [0.1, 0.15) is 51.2 Å². The Morgan fingerprint density at radius 1 is 0.397 bits per heavy atom. The molecule has 0 bridgehead atoms. The monoisotopic (exact) mass is 817 g/mol. The highest BCUT2D eigenvalue weighted by Crippen LogP contribution is 2.51. The number of rotatable bonds is 2. The molecule has 0 amide bonds. The average molecular weight is 818 g/mol. The maximum atomic E-state index is 13.7. The fourth-order valence-electron chi connectivity index (χ4n) is 9.03. The number of hydrogen-bond donors (Lipinski definition) is 0. The SMILES string of the molecule is Cn1c2c3sc(C=C4C(=O)c5cc6cc7ccccc7cc6cc5C4=O)cc3sc2c2sc3cc(C=C4C(=O)c5cc6cc7ccccc7cc6cc5C4=O)sc3c21. The fraction of sp³-hybridized carbons (Fsp3) is 0.0204. The van der Waals surface area contributed by atoms with Crippen molar-refractivity contribution in [2.75, 3.05) is 0 Å². The van der Waals surface area contributed by atoms with E-state index in [1.54, 1.807) is 57.5 Å². The number of carbonyl (C=O) groups is 4. The third kappa shape index (κ3) is 4.39. The molecule has 5 heterocycles. The van der Waals surface area contributed by atoms with Crippen molar-refractivity contribution in [2.45, 2.75) is 0 Å². The van der Waals surface area contributed by atoms with Crippen molar-refractivity contribution >= 4 is 163 Å². The van der Waals surface area contributed by atoms with Crippen molar-refractivity contribution in [1.29, 1.82) is 0 Å². The summed E-state index contributed by atoms with van der Waals surface area (Å²) in [4.78, 5) is 56.6. The summed E-state index contributed by atoms with van der Waals surface area (Å²) in [5.74, 6) is -0.910. The summed E-state index contributed by atoms with van der Waals surface area (Å²) in [5, 5.41) is 8.16. The first kappa shape index (κ1) is 32.7. The predicted molar refractivity (Wildman–Crippen MR) is 243 cm³/mol. The highest BCUT2D eigenvalue weighted by Gasteiger charge is 2.35. The summed E-state index contributed by atoms with van der Waals surface area (Å²) in [6.45, 7) is 0. The summed E-state index contributed by atoms with van der Waals surface area (Å²) in [6, 6.07) is 36.2. The van der Waals surface area contributed by atoms with Crippen molar-refractivity contribution < 1.29 is 19.2 Å². The fourth-order valence-corrected chi connectivity index (χ4v) is 14.5. The zero-order valence-electron chi connectivity index (χ0n) is 30.3. The molecule has 2 aliphatic rings. The number of benzene rings is 6. The van der Waals surface area contributed by atoms with Crippen LogP contribution in [0, 0.1) is 0 Å². The summed E-state index contributed by atoms with van der Waals surface area (Å²) >= 11 is 6.66. The van der Waals surface area contributed by atoms with Gasteiger partial charge in [-0.15, -0.1) is 45.3 Å². The molecule has 0 spiro atoms. The van der Waals surface area contributed by atoms with E-state index in [0.29, 0.717) is 22.3 Å². The van der Waals surface area contributed by atoms with Gasteiger partial charge in [0.15, 0.2) is 23.1 Å². The average Bonchev–Trinajstić information content (AvgIpc) is 4.08. The number of aromatic nitrogens is 1.